The van der Waals surface area contributed by atoms with Crippen LogP contribution >= 0.6 is 0 Å². The van der Waals surface area contributed by atoms with Crippen molar-refractivity contribution in [1.82, 2.24) is 5.32 Å². The number of nitrogens with one attached hydrogen (secondary N) is 1. The number of unbranched alkanes of at least 4 members (excludes halogenated alkanes) is 39. The van der Waals surface area contributed by atoms with Gasteiger partial charge in [-0.3, -0.25) is 9.59 Å². The standard InChI is InChI=1S/C56H109NO5/c1-3-5-7-9-11-13-15-17-19-20-21-22-23-25-30-34-38-42-46-50-56(61)62-51-47-43-39-35-31-27-26-29-33-37-41-45-49-55(60)57-53(52-58)54(59)48-44-40-36-32-28-24-18-16-14-12-10-8-6-4-2/h27,31,53-54,58-59H,3-26,28-30,32-52H2,1-2H3,(H,57,60)/b31-27-. The average molecular weight is 876 g/mol. The van der Waals surface area contributed by atoms with Crippen LogP contribution in [-0.4, -0.2) is 47.4 Å². The Morgan fingerprint density at radius 3 is 1.15 bits per heavy atom. The Morgan fingerprint density at radius 2 is 0.758 bits per heavy atom. The van der Waals surface area contributed by atoms with Crippen molar-refractivity contribution in [2.24, 2.45) is 0 Å². The number of aliphatic hydroxyl groups excluding tert-OH is 2. The van der Waals surface area contributed by atoms with Gasteiger partial charge >= 0.3 is 5.97 Å². The first-order valence-electron chi connectivity index (χ1n) is 27.9. The van der Waals surface area contributed by atoms with Gasteiger partial charge < -0.3 is 20.3 Å². The molecule has 0 rings (SSSR count). The highest BCUT2D eigenvalue weighted by molar-refractivity contribution is 5.76. The summed E-state index contributed by atoms with van der Waals surface area (Å²) in [5, 5.41) is 23.2. The second-order valence-electron chi connectivity index (χ2n) is 19.3. The van der Waals surface area contributed by atoms with Gasteiger partial charge in [0.15, 0.2) is 0 Å². The minimum Gasteiger partial charge on any atom is -0.466 e. The van der Waals surface area contributed by atoms with Gasteiger partial charge in [0.05, 0.1) is 25.4 Å². The third-order valence-corrected chi connectivity index (χ3v) is 13.1. The van der Waals surface area contributed by atoms with Gasteiger partial charge in [-0.25, -0.2) is 0 Å². The Kier molecular flexibility index (Phi) is 51.0. The molecule has 3 N–H and O–H groups in total. The maximum Gasteiger partial charge on any atom is 0.305 e. The quantitative estimate of drug-likeness (QED) is 0.0321. The van der Waals surface area contributed by atoms with Crippen LogP contribution in [0.25, 0.3) is 0 Å². The number of carbonyl (C=O) groups excluding carboxylic acids is 2. The van der Waals surface area contributed by atoms with Crippen molar-refractivity contribution in [2.45, 2.75) is 321 Å². The molecule has 0 aromatic carbocycles. The van der Waals surface area contributed by atoms with Crippen molar-refractivity contribution < 1.29 is 24.5 Å². The van der Waals surface area contributed by atoms with E-state index in [1.165, 1.54) is 199 Å². The maximum atomic E-state index is 12.4. The molecule has 0 saturated carbocycles. The summed E-state index contributed by atoms with van der Waals surface area (Å²) in [6.45, 7) is 4.91. The topological polar surface area (TPSA) is 95.9 Å². The number of esters is 1. The van der Waals surface area contributed by atoms with Crippen molar-refractivity contribution >= 4 is 11.9 Å². The number of hydrogen-bond donors (Lipinski definition) is 3. The molecule has 0 spiro atoms. The first kappa shape index (κ1) is 60.6. The third-order valence-electron chi connectivity index (χ3n) is 13.1. The summed E-state index contributed by atoms with van der Waals surface area (Å²) >= 11 is 0. The van der Waals surface area contributed by atoms with Crippen molar-refractivity contribution in [3.8, 4) is 0 Å². The van der Waals surface area contributed by atoms with Crippen LogP contribution in [0, 0.1) is 0 Å². The van der Waals surface area contributed by atoms with Gasteiger partial charge in [0.25, 0.3) is 0 Å². The monoisotopic (exact) mass is 876 g/mol. The predicted octanol–water partition coefficient (Wildman–Crippen LogP) is 16.9. The zero-order valence-electron chi connectivity index (χ0n) is 41.9. The molecule has 0 fully saturated rings. The van der Waals surface area contributed by atoms with E-state index in [0.717, 1.165) is 77.0 Å². The summed E-state index contributed by atoms with van der Waals surface area (Å²) < 4.78 is 5.47. The summed E-state index contributed by atoms with van der Waals surface area (Å²) in [4.78, 5) is 24.5. The fourth-order valence-electron chi connectivity index (χ4n) is 8.75. The second kappa shape index (κ2) is 52.2. The largest absolute Gasteiger partial charge is 0.466 e. The fourth-order valence-corrected chi connectivity index (χ4v) is 8.75. The SMILES string of the molecule is CCCCCCCCCCCCCCCCCCCCCC(=O)OCCCCC/C=C\CCCCCCCC(=O)NC(CO)C(O)CCCCCCCCCCCCCCCC. The van der Waals surface area contributed by atoms with E-state index >= 15 is 0 Å². The Balaban J connectivity index is 3.46. The highest BCUT2D eigenvalue weighted by Crippen LogP contribution is 2.17. The van der Waals surface area contributed by atoms with Gasteiger partial charge in [0, 0.05) is 12.8 Å². The minimum absolute atomic E-state index is 0.0175. The molecule has 0 aliphatic carbocycles. The van der Waals surface area contributed by atoms with Gasteiger partial charge in [-0.1, -0.05) is 251 Å². The summed E-state index contributed by atoms with van der Waals surface area (Å²) in [6, 6.07) is -0.559. The number of ether oxygens (including phenoxy) is 1. The lowest BCUT2D eigenvalue weighted by Crippen LogP contribution is -2.45. The van der Waals surface area contributed by atoms with Gasteiger partial charge in [-0.15, -0.1) is 0 Å². The van der Waals surface area contributed by atoms with E-state index in [4.69, 9.17) is 4.74 Å². The van der Waals surface area contributed by atoms with E-state index in [1.807, 2.05) is 0 Å². The molecule has 2 atom stereocenters. The highest BCUT2D eigenvalue weighted by Gasteiger charge is 2.20. The summed E-state index contributed by atoms with van der Waals surface area (Å²) in [6.07, 6.45) is 60.5. The van der Waals surface area contributed by atoms with E-state index in [1.54, 1.807) is 0 Å². The molecule has 0 aliphatic rings. The van der Waals surface area contributed by atoms with E-state index in [-0.39, 0.29) is 18.5 Å². The number of allylic oxidation sites excluding steroid dienone is 2. The molecular weight excluding hydrogens is 767 g/mol. The molecule has 0 aromatic heterocycles. The molecule has 0 aromatic rings. The summed E-state index contributed by atoms with van der Waals surface area (Å²) in [5.74, 6) is -0.0766. The van der Waals surface area contributed by atoms with Crippen LogP contribution in [0.5, 0.6) is 0 Å². The Labute approximate surface area is 387 Å². The molecule has 368 valence electrons. The average Bonchev–Trinajstić information content (AvgIpc) is 3.27. The van der Waals surface area contributed by atoms with Crippen LogP contribution < -0.4 is 5.32 Å². The number of hydrogen-bond acceptors (Lipinski definition) is 5. The smallest absolute Gasteiger partial charge is 0.305 e. The molecule has 0 aliphatic heterocycles. The Hall–Kier alpha value is -1.40. The molecule has 0 saturated heterocycles. The van der Waals surface area contributed by atoms with Crippen LogP contribution in [-0.2, 0) is 14.3 Å². The van der Waals surface area contributed by atoms with Crippen molar-refractivity contribution in [3.63, 3.8) is 0 Å². The third kappa shape index (κ3) is 48.1. The van der Waals surface area contributed by atoms with Crippen molar-refractivity contribution in [3.05, 3.63) is 12.2 Å². The van der Waals surface area contributed by atoms with Crippen molar-refractivity contribution in [1.29, 1.82) is 0 Å². The Bertz CT molecular complexity index is 924. The van der Waals surface area contributed by atoms with E-state index in [2.05, 4.69) is 31.3 Å². The van der Waals surface area contributed by atoms with Crippen LogP contribution in [0.3, 0.4) is 0 Å². The van der Waals surface area contributed by atoms with Crippen molar-refractivity contribution in [2.75, 3.05) is 13.2 Å². The minimum atomic E-state index is -0.679. The normalized spacial score (nSPS) is 12.6. The number of rotatable bonds is 52. The lowest BCUT2D eigenvalue weighted by molar-refractivity contribution is -0.143. The van der Waals surface area contributed by atoms with Crippen LogP contribution in [0.15, 0.2) is 12.2 Å². The molecule has 0 bridgehead atoms. The molecule has 2 unspecified atom stereocenters. The van der Waals surface area contributed by atoms with Crippen LogP contribution in [0.1, 0.15) is 309 Å². The molecule has 62 heavy (non-hydrogen) atoms. The second-order valence-corrected chi connectivity index (χ2v) is 19.3. The first-order valence-corrected chi connectivity index (χ1v) is 27.9. The predicted molar refractivity (Wildman–Crippen MR) is 269 cm³/mol. The van der Waals surface area contributed by atoms with E-state index in [9.17, 15) is 19.8 Å². The summed E-state index contributed by atoms with van der Waals surface area (Å²) in [5.41, 5.74) is 0. The lowest BCUT2D eigenvalue weighted by atomic mass is 10.0. The summed E-state index contributed by atoms with van der Waals surface area (Å²) in [7, 11) is 0. The molecule has 1 amide bonds. The molecule has 6 heteroatoms. The van der Waals surface area contributed by atoms with Gasteiger partial charge in [0.2, 0.25) is 5.91 Å². The fraction of sp³-hybridized carbons (Fsp3) is 0.929. The van der Waals surface area contributed by atoms with E-state index in [0.29, 0.717) is 25.9 Å². The number of aliphatic hydroxyl groups is 2. The van der Waals surface area contributed by atoms with Crippen LogP contribution in [0.2, 0.25) is 0 Å². The molecule has 0 radical (unpaired) electrons. The number of amides is 1. The molecular formula is C56H109NO5. The lowest BCUT2D eigenvalue weighted by Gasteiger charge is -2.22. The van der Waals surface area contributed by atoms with Gasteiger partial charge in [-0.05, 0) is 57.8 Å². The van der Waals surface area contributed by atoms with Crippen LogP contribution in [0.4, 0.5) is 0 Å². The molecule has 6 nitrogen and oxygen atoms in total. The van der Waals surface area contributed by atoms with E-state index < -0.39 is 12.1 Å². The molecule has 0 heterocycles. The zero-order chi connectivity index (χ0) is 45.1. The zero-order valence-corrected chi connectivity index (χ0v) is 41.9. The van der Waals surface area contributed by atoms with Gasteiger partial charge in [0.1, 0.15) is 0 Å². The van der Waals surface area contributed by atoms with Gasteiger partial charge in [-0.2, -0.15) is 0 Å². The number of carbonyl (C=O) groups is 2. The first-order chi connectivity index (χ1) is 30.5. The Morgan fingerprint density at radius 1 is 0.435 bits per heavy atom. The highest BCUT2D eigenvalue weighted by atomic mass is 16.5. The maximum absolute atomic E-state index is 12.4.